The Morgan fingerprint density at radius 2 is 1.36 bits per heavy atom. The minimum Gasteiger partial charge on any atom is -0.580 e. The van der Waals surface area contributed by atoms with Crippen molar-refractivity contribution in [1.29, 1.82) is 0 Å². The summed E-state index contributed by atoms with van der Waals surface area (Å²) in [5, 5.41) is 0. The van der Waals surface area contributed by atoms with Crippen LogP contribution in [0.1, 0.15) is 20.8 Å². The molecule has 0 aliphatic rings. The number of hydrogen-bond donors (Lipinski definition) is 0. The van der Waals surface area contributed by atoms with Gasteiger partial charge in [0.15, 0.2) is 0 Å². The maximum Gasteiger partial charge on any atom is 0.0911 e. The third kappa shape index (κ3) is 3.99. The SMILES string of the molecule is [B-][N+](CCOC)(CCOC)C(C)(C)C. The van der Waals surface area contributed by atoms with Gasteiger partial charge in [-0.15, -0.1) is 0 Å². The van der Waals surface area contributed by atoms with Gasteiger partial charge in [0.2, 0.25) is 0 Å². The highest BCUT2D eigenvalue weighted by molar-refractivity contribution is 5.97. The van der Waals surface area contributed by atoms with Gasteiger partial charge in [0.1, 0.15) is 0 Å². The lowest BCUT2D eigenvalue weighted by atomic mass is 9.94. The highest BCUT2D eigenvalue weighted by Gasteiger charge is 2.25. The normalized spacial score (nSPS) is 13.3. The summed E-state index contributed by atoms with van der Waals surface area (Å²) >= 11 is 0. The summed E-state index contributed by atoms with van der Waals surface area (Å²) in [6, 6.07) is 0. The van der Waals surface area contributed by atoms with Crippen molar-refractivity contribution in [1.82, 2.24) is 0 Å². The first kappa shape index (κ1) is 13.9. The number of nitrogens with zero attached hydrogens (tertiary/aromatic N) is 1. The molecule has 14 heavy (non-hydrogen) atoms. The van der Waals surface area contributed by atoms with Crippen molar-refractivity contribution in [2.45, 2.75) is 26.3 Å². The first-order chi connectivity index (χ1) is 6.37. The molecule has 3 radical (unpaired) electrons. The fourth-order valence-corrected chi connectivity index (χ4v) is 1.29. The van der Waals surface area contributed by atoms with Crippen LogP contribution in [0.5, 0.6) is 0 Å². The Bertz CT molecular complexity index is 149. The highest BCUT2D eigenvalue weighted by Crippen LogP contribution is 2.20. The van der Waals surface area contributed by atoms with E-state index >= 15 is 0 Å². The molecule has 0 spiro atoms. The summed E-state index contributed by atoms with van der Waals surface area (Å²) in [5.41, 5.74) is 0.0110. The number of quaternary nitrogens is 1. The number of hydrogen-bond acceptors (Lipinski definition) is 2. The topological polar surface area (TPSA) is 18.5 Å². The average molecular weight is 200 g/mol. The molecule has 0 heterocycles. The molecule has 0 saturated carbocycles. The van der Waals surface area contributed by atoms with Crippen molar-refractivity contribution in [3.63, 3.8) is 0 Å². The van der Waals surface area contributed by atoms with Gasteiger partial charge >= 0.3 is 0 Å². The van der Waals surface area contributed by atoms with E-state index in [1.54, 1.807) is 14.2 Å². The number of rotatable bonds is 6. The molecule has 0 N–H and O–H groups in total. The Morgan fingerprint density at radius 3 is 1.57 bits per heavy atom. The van der Waals surface area contributed by atoms with Crippen LogP contribution in [-0.4, -0.2) is 58.4 Å². The molecule has 4 heteroatoms. The monoisotopic (exact) mass is 200 g/mol. The van der Waals surface area contributed by atoms with E-state index in [-0.39, 0.29) is 5.54 Å². The van der Waals surface area contributed by atoms with E-state index in [0.717, 1.165) is 13.1 Å². The van der Waals surface area contributed by atoms with E-state index in [1.807, 2.05) is 0 Å². The second kappa shape index (κ2) is 5.74. The number of ether oxygens (including phenoxy) is 2. The van der Waals surface area contributed by atoms with E-state index in [1.165, 1.54) is 0 Å². The van der Waals surface area contributed by atoms with Gasteiger partial charge in [-0.3, -0.25) is 0 Å². The van der Waals surface area contributed by atoms with Gasteiger partial charge in [-0.25, -0.2) is 7.98 Å². The van der Waals surface area contributed by atoms with Gasteiger partial charge in [-0.2, -0.15) is 0 Å². The van der Waals surface area contributed by atoms with Crippen LogP contribution in [0.15, 0.2) is 0 Å². The van der Waals surface area contributed by atoms with Crippen LogP contribution in [0.3, 0.4) is 0 Å². The van der Waals surface area contributed by atoms with E-state index in [9.17, 15) is 0 Å². The quantitative estimate of drug-likeness (QED) is 0.595. The zero-order chi connectivity index (χ0) is 11.2. The molecular formula is C10H23BNO2. The van der Waals surface area contributed by atoms with Crippen molar-refractivity contribution < 1.29 is 13.9 Å². The Kier molecular flexibility index (Phi) is 5.71. The van der Waals surface area contributed by atoms with Gasteiger partial charge in [-0.05, 0) is 20.8 Å². The van der Waals surface area contributed by atoms with Gasteiger partial charge in [0.25, 0.3) is 0 Å². The molecule has 0 amide bonds. The zero-order valence-electron chi connectivity index (χ0n) is 10.2. The fraction of sp³-hybridized carbons (Fsp3) is 1.00. The van der Waals surface area contributed by atoms with Crippen LogP contribution < -0.4 is 0 Å². The van der Waals surface area contributed by atoms with Crippen molar-refractivity contribution in [3.05, 3.63) is 0 Å². The second-order valence-electron chi connectivity index (χ2n) is 4.64. The summed E-state index contributed by atoms with van der Waals surface area (Å²) < 4.78 is 10.6. The lowest BCUT2D eigenvalue weighted by Crippen LogP contribution is -2.61. The first-order valence-electron chi connectivity index (χ1n) is 5.01. The van der Waals surface area contributed by atoms with Gasteiger partial charge in [0, 0.05) is 19.8 Å². The molecule has 83 valence electrons. The molecule has 3 nitrogen and oxygen atoms in total. The molecule has 0 aliphatic carbocycles. The third-order valence-corrected chi connectivity index (χ3v) is 2.72. The minimum absolute atomic E-state index is 0.0110. The van der Waals surface area contributed by atoms with Crippen LogP contribution in [0.2, 0.25) is 0 Å². The van der Waals surface area contributed by atoms with Crippen molar-refractivity contribution in [2.24, 2.45) is 0 Å². The summed E-state index contributed by atoms with van der Waals surface area (Å²) in [7, 11) is 9.72. The average Bonchev–Trinajstić information content (AvgIpc) is 2.09. The summed E-state index contributed by atoms with van der Waals surface area (Å²) in [4.78, 5) is 0. The van der Waals surface area contributed by atoms with Gasteiger partial charge in [0.05, 0.1) is 26.3 Å². The summed E-state index contributed by atoms with van der Waals surface area (Å²) in [6.07, 6.45) is 0. The third-order valence-electron chi connectivity index (χ3n) is 2.72. The van der Waals surface area contributed by atoms with Gasteiger partial charge in [-0.1, -0.05) is 0 Å². The van der Waals surface area contributed by atoms with Crippen LogP contribution in [0.25, 0.3) is 0 Å². The van der Waals surface area contributed by atoms with Crippen molar-refractivity contribution in [2.75, 3.05) is 40.5 Å². The van der Waals surface area contributed by atoms with E-state index in [4.69, 9.17) is 17.5 Å². The Balaban J connectivity index is 4.33. The van der Waals surface area contributed by atoms with E-state index < -0.39 is 0 Å². The molecule has 0 aromatic heterocycles. The Labute approximate surface area is 89.4 Å². The maximum atomic E-state index is 6.32. The molecular weight excluding hydrogens is 177 g/mol. The molecule has 0 rings (SSSR count). The van der Waals surface area contributed by atoms with Crippen LogP contribution in [-0.2, 0) is 9.47 Å². The summed E-state index contributed by atoms with van der Waals surface area (Å²) in [6.45, 7) is 9.39. The highest BCUT2D eigenvalue weighted by atomic mass is 16.5. The lowest BCUT2D eigenvalue weighted by molar-refractivity contribution is -0.867. The molecule has 0 aromatic rings. The predicted molar refractivity (Wildman–Crippen MR) is 59.3 cm³/mol. The van der Waals surface area contributed by atoms with Crippen LogP contribution >= 0.6 is 0 Å². The lowest BCUT2D eigenvalue weighted by Gasteiger charge is -2.59. The molecule has 0 unspecified atom stereocenters. The van der Waals surface area contributed by atoms with Crippen molar-refractivity contribution >= 4 is 7.98 Å². The van der Waals surface area contributed by atoms with E-state index in [0.29, 0.717) is 17.6 Å². The Hall–Kier alpha value is -0.0551. The smallest absolute Gasteiger partial charge is 0.0911 e. The maximum absolute atomic E-state index is 6.32. The molecule has 0 fully saturated rings. The summed E-state index contributed by atoms with van der Waals surface area (Å²) in [5.74, 6) is 0. The Morgan fingerprint density at radius 1 is 1.00 bits per heavy atom. The van der Waals surface area contributed by atoms with E-state index in [2.05, 4.69) is 20.8 Å². The first-order valence-corrected chi connectivity index (χ1v) is 5.01. The molecule has 0 aliphatic heterocycles. The molecule has 0 bridgehead atoms. The van der Waals surface area contributed by atoms with Crippen LogP contribution in [0.4, 0.5) is 0 Å². The molecule has 0 saturated heterocycles. The fourth-order valence-electron chi connectivity index (χ4n) is 1.29. The molecule has 0 atom stereocenters. The van der Waals surface area contributed by atoms with Gasteiger partial charge < -0.3 is 13.9 Å². The second-order valence-corrected chi connectivity index (χ2v) is 4.64. The minimum atomic E-state index is 0.0110. The number of methoxy groups -OCH3 is 2. The van der Waals surface area contributed by atoms with Crippen LogP contribution in [0, 0.1) is 0 Å². The predicted octanol–water partition coefficient (Wildman–Crippen LogP) is 0.978. The molecule has 0 aromatic carbocycles. The largest absolute Gasteiger partial charge is 0.580 e. The van der Waals surface area contributed by atoms with Crippen molar-refractivity contribution in [3.8, 4) is 0 Å². The zero-order valence-corrected chi connectivity index (χ0v) is 10.2. The standard InChI is InChI=1S/C10H23BNO2/c1-10(2,3)12(11,6-8-13-4)7-9-14-5/h6-9H2,1-5H3.